The van der Waals surface area contributed by atoms with Crippen LogP contribution >= 0.6 is 0 Å². The minimum absolute atomic E-state index is 0.0211. The summed E-state index contributed by atoms with van der Waals surface area (Å²) in [6, 6.07) is 12.9. The summed E-state index contributed by atoms with van der Waals surface area (Å²) >= 11 is 0. The van der Waals surface area contributed by atoms with Gasteiger partial charge >= 0.3 is 0 Å². The molecule has 3 aromatic rings. The Hall–Kier alpha value is -2.64. The lowest BCUT2D eigenvalue weighted by Gasteiger charge is -2.18. The first-order valence-electron chi connectivity index (χ1n) is 8.79. The van der Waals surface area contributed by atoms with Crippen molar-refractivity contribution in [3.8, 4) is 0 Å². The summed E-state index contributed by atoms with van der Waals surface area (Å²) < 4.78 is 27.2. The number of para-hydroxylation sites is 1. The number of hydrogen-bond donors (Lipinski definition) is 1. The second kappa shape index (κ2) is 6.51. The van der Waals surface area contributed by atoms with Crippen LogP contribution in [0.25, 0.3) is 10.9 Å². The van der Waals surface area contributed by atoms with Crippen molar-refractivity contribution in [2.45, 2.75) is 17.7 Å². The minimum Gasteiger partial charge on any atom is -0.361 e. The van der Waals surface area contributed by atoms with Crippen molar-refractivity contribution in [3.63, 3.8) is 0 Å². The molecule has 0 radical (unpaired) electrons. The molecule has 7 heteroatoms. The molecule has 0 saturated heterocycles. The fraction of sp³-hybridized carbons (Fsp3) is 0.250. The number of carbonyl (C=O) groups excluding carboxylic acids is 1. The zero-order valence-corrected chi connectivity index (χ0v) is 16.1. The van der Waals surface area contributed by atoms with Crippen molar-refractivity contribution in [1.82, 2.24) is 9.29 Å². The van der Waals surface area contributed by atoms with Crippen LogP contribution in [0.5, 0.6) is 0 Å². The third-order valence-corrected chi connectivity index (χ3v) is 7.06. The molecule has 0 saturated carbocycles. The van der Waals surface area contributed by atoms with Crippen LogP contribution < -0.4 is 4.90 Å². The Kier molecular flexibility index (Phi) is 4.28. The zero-order valence-electron chi connectivity index (χ0n) is 15.3. The molecule has 1 aromatic heterocycles. The molecule has 0 fully saturated rings. The lowest BCUT2D eigenvalue weighted by Crippen LogP contribution is -2.29. The van der Waals surface area contributed by atoms with E-state index >= 15 is 0 Å². The molecule has 4 rings (SSSR count). The number of nitrogens with one attached hydrogen (secondary N) is 1. The van der Waals surface area contributed by atoms with E-state index in [1.54, 1.807) is 37.2 Å². The van der Waals surface area contributed by atoms with Gasteiger partial charge in [-0.15, -0.1) is 0 Å². The van der Waals surface area contributed by atoms with E-state index in [9.17, 15) is 13.2 Å². The number of amides is 1. The number of H-pyrrole nitrogens is 1. The number of likely N-dealkylation sites (N-methyl/N-ethyl adjacent to an activating group) is 2. The summed E-state index contributed by atoms with van der Waals surface area (Å²) in [5.41, 5.74) is 3.67. The normalized spacial score (nSPS) is 14.3. The van der Waals surface area contributed by atoms with Gasteiger partial charge in [0.2, 0.25) is 15.9 Å². The van der Waals surface area contributed by atoms with Crippen LogP contribution in [-0.4, -0.2) is 44.3 Å². The van der Waals surface area contributed by atoms with Crippen molar-refractivity contribution in [2.24, 2.45) is 0 Å². The van der Waals surface area contributed by atoms with Crippen molar-refractivity contribution in [1.29, 1.82) is 0 Å². The van der Waals surface area contributed by atoms with E-state index in [0.29, 0.717) is 13.0 Å². The zero-order chi connectivity index (χ0) is 19.2. The van der Waals surface area contributed by atoms with Gasteiger partial charge in [0.15, 0.2) is 0 Å². The summed E-state index contributed by atoms with van der Waals surface area (Å²) in [6.07, 6.45) is 2.79. The smallest absolute Gasteiger partial charge is 0.242 e. The van der Waals surface area contributed by atoms with E-state index in [1.165, 1.54) is 4.31 Å². The highest BCUT2D eigenvalue weighted by Gasteiger charge is 2.27. The third-order valence-electron chi connectivity index (χ3n) is 5.21. The fourth-order valence-electron chi connectivity index (χ4n) is 3.52. The molecule has 1 N–H and O–H groups in total. The maximum Gasteiger partial charge on any atom is 0.242 e. The molecule has 0 atom stereocenters. The van der Waals surface area contributed by atoms with E-state index in [2.05, 4.69) is 4.98 Å². The van der Waals surface area contributed by atoms with Gasteiger partial charge in [-0.3, -0.25) is 4.79 Å². The molecule has 0 unspecified atom stereocenters. The van der Waals surface area contributed by atoms with Gasteiger partial charge in [-0.1, -0.05) is 18.2 Å². The highest BCUT2D eigenvalue weighted by molar-refractivity contribution is 7.89. The van der Waals surface area contributed by atoms with Crippen LogP contribution in [0.4, 0.5) is 5.69 Å². The number of hydrogen-bond acceptors (Lipinski definition) is 3. The minimum atomic E-state index is -3.61. The van der Waals surface area contributed by atoms with Crippen LogP contribution in [0, 0.1) is 0 Å². The Morgan fingerprint density at radius 1 is 1.19 bits per heavy atom. The SMILES string of the molecule is CN1C(=O)Cc2cc(S(=O)(=O)N(C)CCc3c[nH]c4ccccc34)ccc21. The van der Waals surface area contributed by atoms with E-state index in [1.807, 2.05) is 30.5 Å². The van der Waals surface area contributed by atoms with Gasteiger partial charge in [0.05, 0.1) is 11.3 Å². The number of anilines is 1. The number of carbonyl (C=O) groups is 1. The van der Waals surface area contributed by atoms with Gasteiger partial charge in [0, 0.05) is 43.4 Å². The average molecular weight is 383 g/mol. The lowest BCUT2D eigenvalue weighted by molar-refractivity contribution is -0.117. The number of benzene rings is 2. The Bertz CT molecular complexity index is 1130. The molecule has 1 aliphatic rings. The van der Waals surface area contributed by atoms with Crippen LogP contribution in [0.1, 0.15) is 11.1 Å². The van der Waals surface area contributed by atoms with Gasteiger partial charge in [-0.05, 0) is 41.8 Å². The predicted molar refractivity (Wildman–Crippen MR) is 105 cm³/mol. The van der Waals surface area contributed by atoms with Gasteiger partial charge in [0.1, 0.15) is 0 Å². The Morgan fingerprint density at radius 3 is 2.78 bits per heavy atom. The standard InChI is InChI=1S/C20H21N3O3S/c1-22(10-9-14-13-21-18-6-4-3-5-17(14)18)27(25,26)16-7-8-19-15(11-16)12-20(24)23(19)2/h3-8,11,13,21H,9-10,12H2,1-2H3. The summed E-state index contributed by atoms with van der Waals surface area (Å²) in [7, 11) is -0.313. The van der Waals surface area contributed by atoms with Crippen molar-refractivity contribution in [3.05, 3.63) is 59.8 Å². The van der Waals surface area contributed by atoms with Gasteiger partial charge < -0.3 is 9.88 Å². The molecule has 1 amide bonds. The number of rotatable bonds is 5. The largest absolute Gasteiger partial charge is 0.361 e. The molecular weight excluding hydrogens is 362 g/mol. The molecule has 0 aliphatic carbocycles. The molecule has 2 heterocycles. The highest BCUT2D eigenvalue weighted by Crippen LogP contribution is 2.30. The topological polar surface area (TPSA) is 73.5 Å². The second-order valence-corrected chi connectivity index (χ2v) is 8.90. The first kappa shape index (κ1) is 17.8. The maximum atomic E-state index is 12.9. The Labute approximate surface area is 158 Å². The van der Waals surface area contributed by atoms with E-state index < -0.39 is 10.0 Å². The first-order valence-corrected chi connectivity index (χ1v) is 10.2. The monoisotopic (exact) mass is 383 g/mol. The van der Waals surface area contributed by atoms with Crippen molar-refractivity contribution < 1.29 is 13.2 Å². The summed E-state index contributed by atoms with van der Waals surface area (Å²) in [5, 5.41) is 1.11. The number of sulfonamides is 1. The number of aromatic amines is 1. The van der Waals surface area contributed by atoms with Crippen LogP contribution in [0.3, 0.4) is 0 Å². The third kappa shape index (κ3) is 3.02. The molecule has 1 aliphatic heterocycles. The van der Waals surface area contributed by atoms with Crippen molar-refractivity contribution >= 4 is 32.5 Å². The molecular formula is C20H21N3O3S. The molecule has 6 nitrogen and oxygen atoms in total. The molecule has 140 valence electrons. The Morgan fingerprint density at radius 2 is 1.96 bits per heavy atom. The van der Waals surface area contributed by atoms with Gasteiger partial charge in [-0.2, -0.15) is 0 Å². The Balaban J connectivity index is 1.54. The molecule has 27 heavy (non-hydrogen) atoms. The number of nitrogens with zero attached hydrogens (tertiary/aromatic N) is 2. The quantitative estimate of drug-likeness (QED) is 0.736. The number of aromatic nitrogens is 1. The van der Waals surface area contributed by atoms with Crippen LogP contribution in [-0.2, 0) is 27.7 Å². The van der Waals surface area contributed by atoms with Crippen LogP contribution in [0.2, 0.25) is 0 Å². The predicted octanol–water partition coefficient (Wildman–Crippen LogP) is 2.55. The molecule has 0 spiro atoms. The van der Waals surface area contributed by atoms with Gasteiger partial charge in [-0.25, -0.2) is 12.7 Å². The van der Waals surface area contributed by atoms with E-state index in [0.717, 1.165) is 27.7 Å². The average Bonchev–Trinajstić information content (AvgIpc) is 3.20. The van der Waals surface area contributed by atoms with Gasteiger partial charge in [0.25, 0.3) is 0 Å². The van der Waals surface area contributed by atoms with E-state index in [-0.39, 0.29) is 17.2 Å². The highest BCUT2D eigenvalue weighted by atomic mass is 32.2. The second-order valence-electron chi connectivity index (χ2n) is 6.86. The van der Waals surface area contributed by atoms with E-state index in [4.69, 9.17) is 0 Å². The molecule has 0 bridgehead atoms. The first-order chi connectivity index (χ1) is 12.9. The fourth-order valence-corrected chi connectivity index (χ4v) is 4.75. The maximum absolute atomic E-state index is 12.9. The lowest BCUT2D eigenvalue weighted by atomic mass is 10.1. The summed E-state index contributed by atoms with van der Waals surface area (Å²) in [6.45, 7) is 0.375. The number of fused-ring (bicyclic) bond motifs is 2. The van der Waals surface area contributed by atoms with Crippen molar-refractivity contribution in [2.75, 3.05) is 25.5 Å². The van der Waals surface area contributed by atoms with Crippen LogP contribution in [0.15, 0.2) is 53.6 Å². The molecule has 2 aromatic carbocycles. The summed E-state index contributed by atoms with van der Waals surface area (Å²) in [4.78, 5) is 16.8. The summed E-state index contributed by atoms with van der Waals surface area (Å²) in [5.74, 6) is -0.0211.